The lowest BCUT2D eigenvalue weighted by molar-refractivity contribution is 0.294. The van der Waals surface area contributed by atoms with Crippen molar-refractivity contribution in [1.29, 1.82) is 0 Å². The predicted octanol–water partition coefficient (Wildman–Crippen LogP) is 3.38. The first kappa shape index (κ1) is 15.4. The molecule has 0 unspecified atom stereocenters. The molecule has 108 valence electrons. The molecule has 0 amide bonds. The van der Waals surface area contributed by atoms with Gasteiger partial charge in [0.2, 0.25) is 0 Å². The van der Waals surface area contributed by atoms with Crippen LogP contribution >= 0.6 is 23.2 Å². The number of halogens is 2. The molecule has 0 saturated carbocycles. The summed E-state index contributed by atoms with van der Waals surface area (Å²) in [5.74, 6) is 1.02. The summed E-state index contributed by atoms with van der Waals surface area (Å²) < 4.78 is 5.38. The van der Waals surface area contributed by atoms with E-state index in [4.69, 9.17) is 27.6 Å². The van der Waals surface area contributed by atoms with Gasteiger partial charge in [0.15, 0.2) is 0 Å². The van der Waals surface area contributed by atoms with Gasteiger partial charge in [-0.05, 0) is 18.6 Å². The molecular weight excluding hydrogens is 297 g/mol. The van der Waals surface area contributed by atoms with Crippen molar-refractivity contribution >= 4 is 34.2 Å². The lowest BCUT2D eigenvalue weighted by Gasteiger charge is -2.20. The van der Waals surface area contributed by atoms with Crippen molar-refractivity contribution in [2.45, 2.75) is 13.5 Å². The van der Waals surface area contributed by atoms with Gasteiger partial charge in [-0.15, -0.1) is 23.2 Å². The molecule has 0 N–H and O–H groups in total. The molecule has 5 heteroatoms. The smallest absolute Gasteiger partial charge is 0.341 e. The van der Waals surface area contributed by atoms with Crippen LogP contribution in [0.5, 0.6) is 0 Å². The average Bonchev–Trinajstić information content (AvgIpc) is 2.44. The Morgan fingerprint density at radius 3 is 2.45 bits per heavy atom. The summed E-state index contributed by atoms with van der Waals surface area (Å²) in [5.41, 5.74) is 1.99. The Hall–Kier alpha value is -1.03. The number of aryl methyl sites for hydroxylation is 1. The van der Waals surface area contributed by atoms with Crippen molar-refractivity contribution < 1.29 is 4.42 Å². The van der Waals surface area contributed by atoms with E-state index in [1.54, 1.807) is 0 Å². The molecule has 0 atom stereocenters. The summed E-state index contributed by atoms with van der Waals surface area (Å²) in [4.78, 5) is 14.2. The number of alkyl halides is 2. The van der Waals surface area contributed by atoms with E-state index in [1.165, 1.54) is 0 Å². The third-order valence-corrected chi connectivity index (χ3v) is 3.71. The molecule has 0 spiro atoms. The van der Waals surface area contributed by atoms with Gasteiger partial charge in [-0.3, -0.25) is 4.90 Å². The zero-order valence-electron chi connectivity index (χ0n) is 11.4. The molecular formula is C15H17Cl2NO2. The Kier molecular flexibility index (Phi) is 5.46. The Labute approximate surface area is 128 Å². The molecule has 0 saturated heterocycles. The fourth-order valence-electron chi connectivity index (χ4n) is 2.26. The van der Waals surface area contributed by atoms with Crippen LogP contribution in [0.1, 0.15) is 11.1 Å². The number of fused-ring (bicyclic) bond motifs is 1. The van der Waals surface area contributed by atoms with E-state index in [1.807, 2.05) is 31.2 Å². The lowest BCUT2D eigenvalue weighted by Crippen LogP contribution is -2.30. The third-order valence-electron chi connectivity index (χ3n) is 3.38. The summed E-state index contributed by atoms with van der Waals surface area (Å²) in [7, 11) is 0. The van der Waals surface area contributed by atoms with Crippen molar-refractivity contribution in [2.24, 2.45) is 0 Å². The number of para-hydroxylation sites is 1. The van der Waals surface area contributed by atoms with Gasteiger partial charge >= 0.3 is 5.63 Å². The standard InChI is InChI=1S/C15H17Cl2NO2/c1-11-12-4-2-3-5-14(12)20-15(19)13(11)10-18(8-6-16)9-7-17/h2-5H,6-10H2,1H3. The first-order valence-corrected chi connectivity index (χ1v) is 7.60. The summed E-state index contributed by atoms with van der Waals surface area (Å²) in [6.45, 7) is 3.85. The molecule has 1 heterocycles. The monoisotopic (exact) mass is 313 g/mol. The highest BCUT2D eigenvalue weighted by atomic mass is 35.5. The Balaban J connectivity index is 2.40. The van der Waals surface area contributed by atoms with E-state index in [-0.39, 0.29) is 5.63 Å². The minimum Gasteiger partial charge on any atom is -0.422 e. The van der Waals surface area contributed by atoms with E-state index in [0.717, 1.165) is 10.9 Å². The molecule has 3 nitrogen and oxygen atoms in total. The first-order valence-electron chi connectivity index (χ1n) is 6.53. The fourth-order valence-corrected chi connectivity index (χ4v) is 2.74. The maximum Gasteiger partial charge on any atom is 0.341 e. The van der Waals surface area contributed by atoms with E-state index in [9.17, 15) is 4.79 Å². The first-order chi connectivity index (χ1) is 9.67. The van der Waals surface area contributed by atoms with Gasteiger partial charge in [0.1, 0.15) is 5.58 Å². The highest BCUT2D eigenvalue weighted by Gasteiger charge is 2.14. The third kappa shape index (κ3) is 3.35. The van der Waals surface area contributed by atoms with Crippen LogP contribution in [0.3, 0.4) is 0 Å². The van der Waals surface area contributed by atoms with Gasteiger partial charge < -0.3 is 4.42 Å². The van der Waals surface area contributed by atoms with Gasteiger partial charge in [-0.2, -0.15) is 0 Å². The van der Waals surface area contributed by atoms with Crippen LogP contribution in [0.15, 0.2) is 33.5 Å². The number of rotatable bonds is 6. The molecule has 1 aromatic carbocycles. The largest absolute Gasteiger partial charge is 0.422 e. The van der Waals surface area contributed by atoms with Crippen LogP contribution in [-0.4, -0.2) is 29.7 Å². The van der Waals surface area contributed by atoms with Crippen LogP contribution in [0.25, 0.3) is 11.0 Å². The second-order valence-corrected chi connectivity index (χ2v) is 5.40. The summed E-state index contributed by atoms with van der Waals surface area (Å²) in [6, 6.07) is 7.57. The minimum atomic E-state index is -0.282. The zero-order chi connectivity index (χ0) is 14.5. The number of benzene rings is 1. The Morgan fingerprint density at radius 2 is 1.80 bits per heavy atom. The van der Waals surface area contributed by atoms with Gasteiger partial charge in [-0.25, -0.2) is 4.79 Å². The number of hydrogen-bond acceptors (Lipinski definition) is 3. The van der Waals surface area contributed by atoms with Crippen molar-refractivity contribution in [1.82, 2.24) is 4.90 Å². The van der Waals surface area contributed by atoms with Gasteiger partial charge in [-0.1, -0.05) is 18.2 Å². The average molecular weight is 314 g/mol. The number of nitrogens with zero attached hydrogens (tertiary/aromatic N) is 1. The normalized spacial score (nSPS) is 11.4. The van der Waals surface area contributed by atoms with Crippen LogP contribution in [0.4, 0.5) is 0 Å². The van der Waals surface area contributed by atoms with E-state index >= 15 is 0 Å². The van der Waals surface area contributed by atoms with Gasteiger partial charge in [0.05, 0.1) is 5.56 Å². The minimum absolute atomic E-state index is 0.282. The SMILES string of the molecule is Cc1c(CN(CCCl)CCCl)c(=O)oc2ccccc12. The lowest BCUT2D eigenvalue weighted by atomic mass is 10.1. The van der Waals surface area contributed by atoms with Crippen LogP contribution in [0.2, 0.25) is 0 Å². The molecule has 0 fully saturated rings. The van der Waals surface area contributed by atoms with Crippen molar-refractivity contribution in [2.75, 3.05) is 24.8 Å². The van der Waals surface area contributed by atoms with Gasteiger partial charge in [0, 0.05) is 36.8 Å². The fraction of sp³-hybridized carbons (Fsp3) is 0.400. The molecule has 1 aromatic heterocycles. The molecule has 20 heavy (non-hydrogen) atoms. The van der Waals surface area contributed by atoms with Gasteiger partial charge in [0.25, 0.3) is 0 Å². The van der Waals surface area contributed by atoms with E-state index in [0.29, 0.717) is 42.5 Å². The van der Waals surface area contributed by atoms with E-state index in [2.05, 4.69) is 4.90 Å². The molecule has 2 rings (SSSR count). The summed E-state index contributed by atoms with van der Waals surface area (Å²) >= 11 is 11.6. The Bertz CT molecular complexity index is 633. The molecule has 0 aliphatic rings. The zero-order valence-corrected chi connectivity index (χ0v) is 12.9. The maximum atomic E-state index is 12.1. The van der Waals surface area contributed by atoms with E-state index < -0.39 is 0 Å². The van der Waals surface area contributed by atoms with Crippen molar-refractivity contribution in [3.63, 3.8) is 0 Å². The molecule has 0 aliphatic heterocycles. The van der Waals surface area contributed by atoms with Crippen LogP contribution in [0, 0.1) is 6.92 Å². The highest BCUT2D eigenvalue weighted by molar-refractivity contribution is 6.18. The highest BCUT2D eigenvalue weighted by Crippen LogP contribution is 2.19. The van der Waals surface area contributed by atoms with Crippen LogP contribution < -0.4 is 5.63 Å². The molecule has 0 bridgehead atoms. The second kappa shape index (κ2) is 7.11. The predicted molar refractivity (Wildman–Crippen MR) is 83.9 cm³/mol. The molecule has 0 aliphatic carbocycles. The Morgan fingerprint density at radius 1 is 1.15 bits per heavy atom. The number of hydrogen-bond donors (Lipinski definition) is 0. The van der Waals surface area contributed by atoms with Crippen molar-refractivity contribution in [3.05, 3.63) is 45.8 Å². The van der Waals surface area contributed by atoms with Crippen molar-refractivity contribution in [3.8, 4) is 0 Å². The summed E-state index contributed by atoms with van der Waals surface area (Å²) in [6.07, 6.45) is 0. The molecule has 2 aromatic rings. The topological polar surface area (TPSA) is 33.5 Å². The van der Waals surface area contributed by atoms with Crippen LogP contribution in [-0.2, 0) is 6.54 Å². The quantitative estimate of drug-likeness (QED) is 0.605. The second-order valence-electron chi connectivity index (χ2n) is 4.64. The maximum absolute atomic E-state index is 12.1. The molecule has 0 radical (unpaired) electrons. The summed E-state index contributed by atoms with van der Waals surface area (Å²) in [5, 5.41) is 0.971.